The molecule has 0 spiro atoms. The monoisotopic (exact) mass is 262 g/mol. The highest BCUT2D eigenvalue weighted by atomic mass is 15.3. The van der Waals surface area contributed by atoms with Crippen molar-refractivity contribution in [2.45, 2.75) is 20.8 Å². The van der Waals surface area contributed by atoms with Crippen molar-refractivity contribution in [2.75, 3.05) is 9.80 Å². The van der Waals surface area contributed by atoms with Crippen molar-refractivity contribution >= 4 is 11.4 Å². The second-order valence-electron chi connectivity index (χ2n) is 5.22. The van der Waals surface area contributed by atoms with Crippen LogP contribution in [0.1, 0.15) is 16.7 Å². The van der Waals surface area contributed by atoms with E-state index in [0.29, 0.717) is 0 Å². The smallest absolute Gasteiger partial charge is 0.217 e. The number of nitrogens with zero attached hydrogens (tertiary/aromatic N) is 2. The van der Waals surface area contributed by atoms with Gasteiger partial charge in [-0.2, -0.15) is 0 Å². The van der Waals surface area contributed by atoms with Crippen LogP contribution in [0.3, 0.4) is 0 Å². The van der Waals surface area contributed by atoms with Crippen molar-refractivity contribution in [2.24, 2.45) is 0 Å². The highest BCUT2D eigenvalue weighted by Gasteiger charge is 2.20. The molecular weight excluding hydrogens is 244 g/mol. The van der Waals surface area contributed by atoms with Gasteiger partial charge in [0.1, 0.15) is 0 Å². The van der Waals surface area contributed by atoms with Crippen LogP contribution in [-0.2, 0) is 0 Å². The van der Waals surface area contributed by atoms with Crippen LogP contribution in [0.4, 0.5) is 11.4 Å². The minimum absolute atomic E-state index is 1.12. The third kappa shape index (κ3) is 2.29. The molecule has 0 unspecified atom stereocenters. The minimum atomic E-state index is 1.12. The number of rotatable bonds is 2. The van der Waals surface area contributed by atoms with Crippen LogP contribution in [0.25, 0.3) is 0 Å². The summed E-state index contributed by atoms with van der Waals surface area (Å²) < 4.78 is 0. The molecule has 2 heteroatoms. The van der Waals surface area contributed by atoms with E-state index in [-0.39, 0.29) is 0 Å². The molecule has 0 fully saturated rings. The van der Waals surface area contributed by atoms with E-state index in [2.05, 4.69) is 62.8 Å². The summed E-state index contributed by atoms with van der Waals surface area (Å²) in [7, 11) is 0. The Kier molecular flexibility index (Phi) is 3.23. The topological polar surface area (TPSA) is 6.48 Å². The molecule has 0 saturated carbocycles. The van der Waals surface area contributed by atoms with Crippen LogP contribution in [0.15, 0.2) is 54.9 Å². The molecule has 0 saturated heterocycles. The first-order valence-electron chi connectivity index (χ1n) is 6.81. The lowest BCUT2D eigenvalue weighted by atomic mass is 10.0. The number of aryl methyl sites for hydroxylation is 3. The standard InChI is InChI=1S/C18H18N2/c1-14-11-15(2)18(16(3)12-14)20-10-9-19(13-20)17-7-5-4-6-8-17/h4-12H,1-3H3. The third-order valence-corrected chi connectivity index (χ3v) is 3.49. The van der Waals surface area contributed by atoms with Gasteiger partial charge in [0.25, 0.3) is 0 Å². The van der Waals surface area contributed by atoms with E-state index in [4.69, 9.17) is 0 Å². The predicted molar refractivity (Wildman–Crippen MR) is 84.4 cm³/mol. The third-order valence-electron chi connectivity index (χ3n) is 3.49. The maximum atomic E-state index is 3.38. The first kappa shape index (κ1) is 12.8. The summed E-state index contributed by atoms with van der Waals surface area (Å²) in [6, 6.07) is 14.7. The van der Waals surface area contributed by atoms with Gasteiger partial charge in [-0.25, -0.2) is 0 Å². The zero-order valence-electron chi connectivity index (χ0n) is 12.1. The Labute approximate surface area is 121 Å². The lowest BCUT2D eigenvalue weighted by Gasteiger charge is -2.22. The van der Waals surface area contributed by atoms with Crippen molar-refractivity contribution in [1.29, 1.82) is 0 Å². The Morgan fingerprint density at radius 1 is 0.800 bits per heavy atom. The number of hydrogen-bond acceptors (Lipinski definition) is 2. The van der Waals surface area contributed by atoms with Crippen LogP contribution in [-0.4, -0.2) is 0 Å². The number of para-hydroxylation sites is 1. The molecule has 2 aromatic carbocycles. The van der Waals surface area contributed by atoms with Crippen molar-refractivity contribution in [3.05, 3.63) is 78.2 Å². The summed E-state index contributed by atoms with van der Waals surface area (Å²) in [5, 5.41) is 0. The van der Waals surface area contributed by atoms with E-state index >= 15 is 0 Å². The Hall–Kier alpha value is -2.22. The summed E-state index contributed by atoms with van der Waals surface area (Å²) >= 11 is 0. The van der Waals surface area contributed by atoms with Gasteiger partial charge in [-0.15, -0.1) is 0 Å². The SMILES string of the molecule is Cc1cc(C)c(N2[C]N(c3ccccc3)C=C2)c(C)c1. The molecule has 0 aromatic heterocycles. The van der Waals surface area contributed by atoms with Gasteiger partial charge in [0.2, 0.25) is 6.67 Å². The van der Waals surface area contributed by atoms with Gasteiger partial charge < -0.3 is 9.80 Å². The van der Waals surface area contributed by atoms with Gasteiger partial charge in [-0.05, 0) is 44.0 Å². The van der Waals surface area contributed by atoms with Gasteiger partial charge in [-0.3, -0.25) is 0 Å². The molecule has 0 atom stereocenters. The molecule has 20 heavy (non-hydrogen) atoms. The highest BCUT2D eigenvalue weighted by molar-refractivity contribution is 5.68. The number of hydrogen-bond donors (Lipinski definition) is 0. The largest absolute Gasteiger partial charge is 0.315 e. The Bertz CT molecular complexity index is 621. The maximum Gasteiger partial charge on any atom is 0.217 e. The molecule has 0 amide bonds. The van der Waals surface area contributed by atoms with E-state index in [1.54, 1.807) is 0 Å². The first-order valence-corrected chi connectivity index (χ1v) is 6.81. The van der Waals surface area contributed by atoms with Gasteiger partial charge in [-0.1, -0.05) is 35.9 Å². The lowest BCUT2D eigenvalue weighted by Crippen LogP contribution is -2.19. The Balaban J connectivity index is 1.87. The highest BCUT2D eigenvalue weighted by Crippen LogP contribution is 2.32. The fraction of sp³-hybridized carbons (Fsp3) is 0.167. The molecule has 100 valence electrons. The maximum absolute atomic E-state index is 3.38. The van der Waals surface area contributed by atoms with Gasteiger partial charge in [0.15, 0.2) is 0 Å². The van der Waals surface area contributed by atoms with Crippen LogP contribution in [0, 0.1) is 27.4 Å². The lowest BCUT2D eigenvalue weighted by molar-refractivity contribution is 1.09. The summed E-state index contributed by atoms with van der Waals surface area (Å²) in [5.41, 5.74) is 6.18. The number of anilines is 2. The molecule has 2 radical (unpaired) electrons. The van der Waals surface area contributed by atoms with Crippen LogP contribution in [0.5, 0.6) is 0 Å². The quantitative estimate of drug-likeness (QED) is 0.791. The Morgan fingerprint density at radius 2 is 1.40 bits per heavy atom. The van der Waals surface area contributed by atoms with E-state index < -0.39 is 0 Å². The fourth-order valence-electron chi connectivity index (χ4n) is 2.73. The molecule has 3 rings (SSSR count). The normalized spacial score (nSPS) is 14.2. The average molecular weight is 262 g/mol. The van der Waals surface area contributed by atoms with Gasteiger partial charge in [0, 0.05) is 23.8 Å². The van der Waals surface area contributed by atoms with E-state index in [9.17, 15) is 0 Å². The molecule has 0 bridgehead atoms. The van der Waals surface area contributed by atoms with Crippen molar-refractivity contribution < 1.29 is 0 Å². The van der Waals surface area contributed by atoms with Crippen molar-refractivity contribution in [3.8, 4) is 0 Å². The molecule has 2 nitrogen and oxygen atoms in total. The van der Waals surface area contributed by atoms with E-state index in [1.807, 2.05) is 29.3 Å². The van der Waals surface area contributed by atoms with Gasteiger partial charge in [0.05, 0.1) is 0 Å². The molecule has 1 aliphatic heterocycles. The first-order chi connectivity index (χ1) is 9.65. The predicted octanol–water partition coefficient (Wildman–Crippen LogP) is 4.41. The zero-order valence-corrected chi connectivity index (χ0v) is 12.1. The zero-order chi connectivity index (χ0) is 14.1. The fourth-order valence-corrected chi connectivity index (χ4v) is 2.73. The minimum Gasteiger partial charge on any atom is -0.315 e. The molecule has 1 aliphatic rings. The van der Waals surface area contributed by atoms with E-state index in [0.717, 1.165) is 5.69 Å². The van der Waals surface area contributed by atoms with Crippen LogP contribution < -0.4 is 9.80 Å². The summed E-state index contributed by atoms with van der Waals surface area (Å²) in [6.45, 7) is 9.81. The second-order valence-corrected chi connectivity index (χ2v) is 5.22. The van der Waals surface area contributed by atoms with E-state index in [1.165, 1.54) is 22.4 Å². The molecule has 0 aliphatic carbocycles. The summed E-state index contributed by atoms with van der Waals surface area (Å²) in [4.78, 5) is 4.08. The van der Waals surface area contributed by atoms with Crippen molar-refractivity contribution in [1.82, 2.24) is 0 Å². The number of benzene rings is 2. The van der Waals surface area contributed by atoms with Crippen LogP contribution >= 0.6 is 0 Å². The second kappa shape index (κ2) is 5.04. The summed E-state index contributed by atoms with van der Waals surface area (Å²) in [5.74, 6) is 0. The molecular formula is C18H18N2. The molecule has 2 aromatic rings. The molecule has 1 heterocycles. The Morgan fingerprint density at radius 3 is 2.05 bits per heavy atom. The molecule has 0 N–H and O–H groups in total. The van der Waals surface area contributed by atoms with Gasteiger partial charge >= 0.3 is 0 Å². The summed E-state index contributed by atoms with van der Waals surface area (Å²) in [6.07, 6.45) is 4.09. The van der Waals surface area contributed by atoms with Crippen molar-refractivity contribution in [3.63, 3.8) is 0 Å². The van der Waals surface area contributed by atoms with Crippen LogP contribution in [0.2, 0.25) is 0 Å². The average Bonchev–Trinajstić information content (AvgIpc) is 2.88.